The maximum Gasteiger partial charge on any atom is 0.0482 e. The maximum atomic E-state index is 6.93. The highest BCUT2D eigenvalue weighted by atomic mass is 35.5. The lowest BCUT2D eigenvalue weighted by Crippen LogP contribution is -2.15. The van der Waals surface area contributed by atoms with Gasteiger partial charge in [-0.1, -0.05) is 123 Å². The molecule has 7 aromatic carbocycles. The molecule has 0 fully saturated rings. The first-order valence-corrected chi connectivity index (χ1v) is 15.8. The van der Waals surface area contributed by atoms with Crippen molar-refractivity contribution in [3.05, 3.63) is 174 Å². The van der Waals surface area contributed by atoms with Crippen LogP contribution >= 0.6 is 11.6 Å². The summed E-state index contributed by atoms with van der Waals surface area (Å²) in [4.78, 5) is 2.29. The van der Waals surface area contributed by atoms with Crippen LogP contribution in [-0.2, 0) is 5.41 Å². The zero-order valence-electron chi connectivity index (χ0n) is 25.3. The Morgan fingerprint density at radius 2 is 1.02 bits per heavy atom. The first-order valence-electron chi connectivity index (χ1n) is 15.5. The second kappa shape index (κ2) is 10.8. The Bertz CT molecular complexity index is 2200. The molecule has 0 saturated carbocycles. The summed E-state index contributed by atoms with van der Waals surface area (Å²) in [6, 6.07) is 56.5. The molecule has 0 atom stereocenters. The van der Waals surface area contributed by atoms with E-state index < -0.39 is 0 Å². The predicted molar refractivity (Wildman–Crippen MR) is 192 cm³/mol. The fraction of sp³-hybridized carbons (Fsp3) is 0.0698. The molecular formula is C43H32ClN. The lowest BCUT2D eigenvalue weighted by molar-refractivity contribution is 0.661. The molecule has 0 spiro atoms. The van der Waals surface area contributed by atoms with Gasteiger partial charge >= 0.3 is 0 Å². The molecular weight excluding hydrogens is 566 g/mol. The third-order valence-electron chi connectivity index (χ3n) is 9.24. The van der Waals surface area contributed by atoms with E-state index in [4.69, 9.17) is 11.6 Å². The topological polar surface area (TPSA) is 3.24 Å². The van der Waals surface area contributed by atoms with E-state index in [0.717, 1.165) is 28.2 Å². The maximum absolute atomic E-state index is 6.93. The first-order chi connectivity index (χ1) is 22.0. The van der Waals surface area contributed by atoms with Crippen LogP contribution in [0.1, 0.15) is 25.0 Å². The van der Waals surface area contributed by atoms with Crippen LogP contribution in [-0.4, -0.2) is 0 Å². The fourth-order valence-corrected chi connectivity index (χ4v) is 7.18. The van der Waals surface area contributed by atoms with Crippen molar-refractivity contribution in [1.82, 2.24) is 0 Å². The van der Waals surface area contributed by atoms with Crippen LogP contribution in [0, 0.1) is 0 Å². The molecule has 0 unspecified atom stereocenters. The Balaban J connectivity index is 1.25. The Labute approximate surface area is 270 Å². The number of benzene rings is 7. The highest BCUT2D eigenvalue weighted by molar-refractivity contribution is 6.31. The number of para-hydroxylation sites is 1. The van der Waals surface area contributed by atoms with Crippen LogP contribution < -0.4 is 4.90 Å². The van der Waals surface area contributed by atoms with Crippen molar-refractivity contribution in [3.63, 3.8) is 0 Å². The molecule has 0 heterocycles. The Morgan fingerprint density at radius 3 is 1.80 bits per heavy atom. The Morgan fingerprint density at radius 1 is 0.422 bits per heavy atom. The largest absolute Gasteiger partial charge is 0.310 e. The van der Waals surface area contributed by atoms with E-state index in [1.54, 1.807) is 0 Å². The third-order valence-corrected chi connectivity index (χ3v) is 9.46. The molecule has 216 valence electrons. The monoisotopic (exact) mass is 597 g/mol. The molecule has 1 aliphatic carbocycles. The first kappa shape index (κ1) is 27.4. The Hall–Kier alpha value is -5.11. The van der Waals surface area contributed by atoms with Gasteiger partial charge in [-0.15, -0.1) is 0 Å². The van der Waals surface area contributed by atoms with Crippen molar-refractivity contribution in [1.29, 1.82) is 0 Å². The summed E-state index contributed by atoms with van der Waals surface area (Å²) < 4.78 is 0. The van der Waals surface area contributed by atoms with Crippen molar-refractivity contribution in [2.45, 2.75) is 19.3 Å². The number of hydrogen-bond donors (Lipinski definition) is 0. The van der Waals surface area contributed by atoms with E-state index in [1.165, 1.54) is 44.2 Å². The molecule has 0 aliphatic heterocycles. The molecule has 2 heteroatoms. The number of fused-ring (bicyclic) bond motifs is 4. The van der Waals surface area contributed by atoms with E-state index >= 15 is 0 Å². The average Bonchev–Trinajstić information content (AvgIpc) is 3.29. The average molecular weight is 598 g/mol. The van der Waals surface area contributed by atoms with Gasteiger partial charge in [0.15, 0.2) is 0 Å². The second-order valence-electron chi connectivity index (χ2n) is 12.4. The summed E-state index contributed by atoms with van der Waals surface area (Å²) in [5.74, 6) is 0. The molecule has 8 rings (SSSR count). The molecule has 0 aromatic heterocycles. The van der Waals surface area contributed by atoms with Crippen molar-refractivity contribution in [2.75, 3.05) is 4.90 Å². The molecule has 0 saturated heterocycles. The van der Waals surface area contributed by atoms with E-state index in [2.05, 4.69) is 176 Å². The van der Waals surface area contributed by atoms with E-state index in [0.29, 0.717) is 5.02 Å². The normalized spacial score (nSPS) is 13.0. The number of rotatable bonds is 5. The molecule has 0 N–H and O–H groups in total. The summed E-state index contributed by atoms with van der Waals surface area (Å²) in [6.07, 6.45) is 0. The summed E-state index contributed by atoms with van der Waals surface area (Å²) in [5.41, 5.74) is 13.1. The van der Waals surface area contributed by atoms with Crippen molar-refractivity contribution < 1.29 is 0 Å². The smallest absolute Gasteiger partial charge is 0.0482 e. The van der Waals surface area contributed by atoms with Gasteiger partial charge in [-0.25, -0.2) is 0 Å². The molecule has 0 radical (unpaired) electrons. The van der Waals surface area contributed by atoms with Crippen molar-refractivity contribution >= 4 is 39.4 Å². The molecule has 0 bridgehead atoms. The van der Waals surface area contributed by atoms with Gasteiger partial charge in [0.05, 0.1) is 0 Å². The number of halogens is 1. The summed E-state index contributed by atoms with van der Waals surface area (Å²) in [7, 11) is 0. The summed E-state index contributed by atoms with van der Waals surface area (Å²) >= 11 is 6.93. The highest BCUT2D eigenvalue weighted by Gasteiger charge is 2.36. The molecule has 1 aliphatic rings. The minimum absolute atomic E-state index is 0.111. The number of hydrogen-bond acceptors (Lipinski definition) is 1. The van der Waals surface area contributed by atoms with Crippen LogP contribution in [0.3, 0.4) is 0 Å². The molecule has 0 amide bonds. The molecule has 45 heavy (non-hydrogen) atoms. The zero-order valence-corrected chi connectivity index (χ0v) is 26.1. The Kier molecular flexibility index (Phi) is 6.59. The van der Waals surface area contributed by atoms with Gasteiger partial charge in [0.25, 0.3) is 0 Å². The highest BCUT2D eigenvalue weighted by Crippen LogP contribution is 2.51. The predicted octanol–water partition coefficient (Wildman–Crippen LogP) is 12.6. The summed E-state index contributed by atoms with van der Waals surface area (Å²) in [5, 5.41) is 3.27. The van der Waals surface area contributed by atoms with Crippen LogP contribution in [0.25, 0.3) is 44.2 Å². The lowest BCUT2D eigenvalue weighted by atomic mass is 9.81. The van der Waals surface area contributed by atoms with Crippen LogP contribution in [0.15, 0.2) is 158 Å². The van der Waals surface area contributed by atoms with Gasteiger partial charge in [-0.05, 0) is 116 Å². The van der Waals surface area contributed by atoms with Crippen molar-refractivity contribution in [2.24, 2.45) is 0 Å². The fourth-order valence-electron chi connectivity index (χ4n) is 6.95. The van der Waals surface area contributed by atoms with E-state index in [1.807, 2.05) is 0 Å². The molecule has 1 nitrogen and oxygen atoms in total. The van der Waals surface area contributed by atoms with Crippen LogP contribution in [0.4, 0.5) is 17.1 Å². The van der Waals surface area contributed by atoms with Gasteiger partial charge in [-0.3, -0.25) is 0 Å². The summed E-state index contributed by atoms with van der Waals surface area (Å²) in [6.45, 7) is 4.69. The standard InChI is InChI=1S/C43H32ClN/c1-43(2)41-27-33(20-21-39(41)40-25-31-14-9-10-15-32(31)26-42(40)43)34-22-35(44)28-38(24-34)45(36-17-7-4-8-18-36)37-19-11-16-30(23-37)29-12-5-3-6-13-29/h3-28H,1-2H3. The minimum Gasteiger partial charge on any atom is -0.310 e. The lowest BCUT2D eigenvalue weighted by Gasteiger charge is -2.27. The van der Waals surface area contributed by atoms with Gasteiger partial charge < -0.3 is 4.90 Å². The number of anilines is 3. The van der Waals surface area contributed by atoms with Gasteiger partial charge in [0.2, 0.25) is 0 Å². The quantitative estimate of drug-likeness (QED) is 0.191. The van der Waals surface area contributed by atoms with Gasteiger partial charge in [0.1, 0.15) is 0 Å². The van der Waals surface area contributed by atoms with Crippen molar-refractivity contribution in [3.8, 4) is 33.4 Å². The SMILES string of the molecule is CC1(C)c2cc(-c3cc(Cl)cc(N(c4ccccc4)c4cccc(-c5ccccc5)c4)c3)ccc2-c2cc3ccccc3cc21. The number of nitrogens with zero attached hydrogens (tertiary/aromatic N) is 1. The zero-order chi connectivity index (χ0) is 30.5. The van der Waals surface area contributed by atoms with E-state index in [9.17, 15) is 0 Å². The molecule has 7 aromatic rings. The van der Waals surface area contributed by atoms with Crippen LogP contribution in [0.5, 0.6) is 0 Å². The minimum atomic E-state index is -0.111. The van der Waals surface area contributed by atoms with E-state index in [-0.39, 0.29) is 5.41 Å². The van der Waals surface area contributed by atoms with Crippen LogP contribution in [0.2, 0.25) is 5.02 Å². The third kappa shape index (κ3) is 4.81. The second-order valence-corrected chi connectivity index (χ2v) is 12.9. The van der Waals surface area contributed by atoms with Gasteiger partial charge in [-0.2, -0.15) is 0 Å². The van der Waals surface area contributed by atoms with Gasteiger partial charge in [0, 0.05) is 27.5 Å².